The number of carbonyl (C=O) groups excluding carboxylic acids is 2. The third-order valence-electron chi connectivity index (χ3n) is 5.20. The topological polar surface area (TPSA) is 76.7 Å². The molecule has 0 aliphatic heterocycles. The lowest BCUT2D eigenvalue weighted by Crippen LogP contribution is -2.13. The minimum atomic E-state index is -0.248. The number of anilines is 2. The van der Waals surface area contributed by atoms with Crippen LogP contribution >= 0.6 is 0 Å². The molecule has 6 heteroatoms. The van der Waals surface area contributed by atoms with Crippen LogP contribution in [0.15, 0.2) is 84.9 Å². The standard InChI is InChI=1S/C28H26N2O4/c1-3-33-27-15-9-22(28(32)30-25-12-10-24(11-13-25)29-19(2)31)16-23(27)18-34-26-14-8-20-6-4-5-7-21(20)17-26/h4-17H,3,18H2,1-2H3,(H,29,31)(H,30,32). The minimum Gasteiger partial charge on any atom is -0.493 e. The van der Waals surface area contributed by atoms with Crippen LogP contribution < -0.4 is 20.1 Å². The molecular weight excluding hydrogens is 428 g/mol. The van der Waals surface area contributed by atoms with Crippen molar-refractivity contribution >= 4 is 34.0 Å². The van der Waals surface area contributed by atoms with E-state index in [4.69, 9.17) is 9.47 Å². The van der Waals surface area contributed by atoms with Gasteiger partial charge in [-0.25, -0.2) is 0 Å². The maximum Gasteiger partial charge on any atom is 0.255 e. The number of benzene rings is 4. The summed E-state index contributed by atoms with van der Waals surface area (Å²) in [4.78, 5) is 24.0. The smallest absolute Gasteiger partial charge is 0.255 e. The highest BCUT2D eigenvalue weighted by Gasteiger charge is 2.12. The number of nitrogens with one attached hydrogen (secondary N) is 2. The molecule has 2 amide bonds. The predicted molar refractivity (Wildman–Crippen MR) is 135 cm³/mol. The summed E-state index contributed by atoms with van der Waals surface area (Å²) >= 11 is 0. The molecule has 172 valence electrons. The number of hydrogen-bond acceptors (Lipinski definition) is 4. The Labute approximate surface area is 198 Å². The van der Waals surface area contributed by atoms with E-state index in [2.05, 4.69) is 16.7 Å². The molecule has 0 aromatic heterocycles. The molecule has 4 rings (SSSR count). The zero-order chi connectivity index (χ0) is 23.9. The zero-order valence-corrected chi connectivity index (χ0v) is 19.1. The highest BCUT2D eigenvalue weighted by atomic mass is 16.5. The Bertz CT molecular complexity index is 1320. The first kappa shape index (κ1) is 22.9. The van der Waals surface area contributed by atoms with Crippen molar-refractivity contribution in [2.75, 3.05) is 17.2 Å². The number of fused-ring (bicyclic) bond motifs is 1. The van der Waals surface area contributed by atoms with Crippen LogP contribution in [0.2, 0.25) is 0 Å². The summed E-state index contributed by atoms with van der Waals surface area (Å²) in [7, 11) is 0. The Morgan fingerprint density at radius 2 is 1.47 bits per heavy atom. The van der Waals surface area contributed by atoms with Crippen LogP contribution in [-0.4, -0.2) is 18.4 Å². The van der Waals surface area contributed by atoms with Gasteiger partial charge >= 0.3 is 0 Å². The monoisotopic (exact) mass is 454 g/mol. The summed E-state index contributed by atoms with van der Waals surface area (Å²) in [5.41, 5.74) is 2.57. The molecule has 34 heavy (non-hydrogen) atoms. The van der Waals surface area contributed by atoms with Crippen molar-refractivity contribution < 1.29 is 19.1 Å². The van der Waals surface area contributed by atoms with Gasteiger partial charge in [-0.2, -0.15) is 0 Å². The van der Waals surface area contributed by atoms with Gasteiger partial charge < -0.3 is 20.1 Å². The van der Waals surface area contributed by atoms with Crippen molar-refractivity contribution in [3.05, 3.63) is 96.1 Å². The molecule has 0 atom stereocenters. The van der Waals surface area contributed by atoms with Gasteiger partial charge in [0.1, 0.15) is 18.1 Å². The fourth-order valence-electron chi connectivity index (χ4n) is 3.59. The van der Waals surface area contributed by atoms with E-state index in [1.807, 2.05) is 43.3 Å². The van der Waals surface area contributed by atoms with E-state index in [-0.39, 0.29) is 18.4 Å². The van der Waals surface area contributed by atoms with Gasteiger partial charge in [0.15, 0.2) is 0 Å². The first-order chi connectivity index (χ1) is 16.5. The molecule has 0 aliphatic carbocycles. The quantitative estimate of drug-likeness (QED) is 0.341. The summed E-state index contributed by atoms with van der Waals surface area (Å²) in [5, 5.41) is 7.83. The number of amides is 2. The van der Waals surface area contributed by atoms with Gasteiger partial charge in [-0.3, -0.25) is 9.59 Å². The molecule has 0 unspecified atom stereocenters. The normalized spacial score (nSPS) is 10.5. The van der Waals surface area contributed by atoms with Crippen LogP contribution in [0.4, 0.5) is 11.4 Å². The molecule has 4 aromatic rings. The van der Waals surface area contributed by atoms with Crippen LogP contribution in [0.3, 0.4) is 0 Å². The van der Waals surface area contributed by atoms with Crippen molar-refractivity contribution in [2.45, 2.75) is 20.5 Å². The second-order valence-electron chi connectivity index (χ2n) is 7.77. The summed E-state index contributed by atoms with van der Waals surface area (Å²) in [6.07, 6.45) is 0. The highest BCUT2D eigenvalue weighted by Crippen LogP contribution is 2.26. The Morgan fingerprint density at radius 3 is 2.18 bits per heavy atom. The van der Waals surface area contributed by atoms with Gasteiger partial charge in [-0.15, -0.1) is 0 Å². The molecule has 0 saturated carbocycles. The number of hydrogen-bond donors (Lipinski definition) is 2. The Kier molecular flexibility index (Phi) is 7.08. The Morgan fingerprint density at radius 1 is 0.765 bits per heavy atom. The number of rotatable bonds is 8. The van der Waals surface area contributed by atoms with Gasteiger partial charge in [0.2, 0.25) is 5.91 Å². The largest absolute Gasteiger partial charge is 0.493 e. The van der Waals surface area contributed by atoms with Crippen molar-refractivity contribution in [2.24, 2.45) is 0 Å². The molecule has 0 spiro atoms. The zero-order valence-electron chi connectivity index (χ0n) is 19.1. The third-order valence-corrected chi connectivity index (χ3v) is 5.20. The lowest BCUT2D eigenvalue weighted by Gasteiger charge is -2.14. The van der Waals surface area contributed by atoms with E-state index in [0.717, 1.165) is 22.1 Å². The molecule has 0 bridgehead atoms. The van der Waals surface area contributed by atoms with Crippen LogP contribution in [0.1, 0.15) is 29.8 Å². The first-order valence-electron chi connectivity index (χ1n) is 11.1. The van der Waals surface area contributed by atoms with E-state index >= 15 is 0 Å². The van der Waals surface area contributed by atoms with Crippen molar-refractivity contribution in [1.82, 2.24) is 0 Å². The highest BCUT2D eigenvalue weighted by molar-refractivity contribution is 6.04. The van der Waals surface area contributed by atoms with Gasteiger partial charge in [-0.1, -0.05) is 30.3 Å². The van der Waals surface area contributed by atoms with E-state index in [0.29, 0.717) is 29.3 Å². The fraction of sp³-hybridized carbons (Fsp3) is 0.143. The van der Waals surface area contributed by atoms with Crippen molar-refractivity contribution in [3.63, 3.8) is 0 Å². The molecule has 0 heterocycles. The van der Waals surface area contributed by atoms with Crippen LogP contribution in [0, 0.1) is 0 Å². The van der Waals surface area contributed by atoms with E-state index < -0.39 is 0 Å². The molecule has 0 aliphatic rings. The molecule has 4 aromatic carbocycles. The average Bonchev–Trinajstić information content (AvgIpc) is 2.84. The molecule has 2 N–H and O–H groups in total. The summed E-state index contributed by atoms with van der Waals surface area (Å²) < 4.78 is 11.8. The predicted octanol–water partition coefficient (Wildman–Crippen LogP) is 6.03. The number of carbonyl (C=O) groups is 2. The van der Waals surface area contributed by atoms with Gasteiger partial charge in [0.05, 0.1) is 6.61 Å². The van der Waals surface area contributed by atoms with E-state index in [9.17, 15) is 9.59 Å². The van der Waals surface area contributed by atoms with Crippen molar-refractivity contribution in [3.8, 4) is 11.5 Å². The second kappa shape index (κ2) is 10.5. The Hall–Kier alpha value is -4.32. The summed E-state index contributed by atoms with van der Waals surface area (Å²) in [5.74, 6) is 1.03. The summed E-state index contributed by atoms with van der Waals surface area (Å²) in [6, 6.07) is 26.3. The van der Waals surface area contributed by atoms with E-state index in [1.54, 1.807) is 42.5 Å². The molecule has 0 saturated heterocycles. The number of ether oxygens (including phenoxy) is 2. The van der Waals surface area contributed by atoms with Crippen LogP contribution in [0.25, 0.3) is 10.8 Å². The lowest BCUT2D eigenvalue weighted by molar-refractivity contribution is -0.114. The summed E-state index contributed by atoms with van der Waals surface area (Å²) in [6.45, 7) is 4.14. The molecule has 0 fully saturated rings. The maximum atomic E-state index is 12.9. The van der Waals surface area contributed by atoms with Gasteiger partial charge in [0.25, 0.3) is 5.91 Å². The van der Waals surface area contributed by atoms with Crippen LogP contribution in [-0.2, 0) is 11.4 Å². The molecule has 0 radical (unpaired) electrons. The second-order valence-corrected chi connectivity index (χ2v) is 7.77. The maximum absolute atomic E-state index is 12.9. The minimum absolute atomic E-state index is 0.149. The van der Waals surface area contributed by atoms with Crippen LogP contribution in [0.5, 0.6) is 11.5 Å². The first-order valence-corrected chi connectivity index (χ1v) is 11.1. The fourth-order valence-corrected chi connectivity index (χ4v) is 3.59. The van der Waals surface area contributed by atoms with E-state index in [1.165, 1.54) is 6.92 Å². The SMILES string of the molecule is CCOc1ccc(C(=O)Nc2ccc(NC(C)=O)cc2)cc1COc1ccc2ccccc2c1. The van der Waals surface area contributed by atoms with Gasteiger partial charge in [0, 0.05) is 29.4 Å². The molecular formula is C28H26N2O4. The average molecular weight is 455 g/mol. The molecule has 6 nitrogen and oxygen atoms in total. The van der Waals surface area contributed by atoms with Crippen molar-refractivity contribution in [1.29, 1.82) is 0 Å². The van der Waals surface area contributed by atoms with Gasteiger partial charge in [-0.05, 0) is 72.3 Å². The Balaban J connectivity index is 1.49. The third kappa shape index (κ3) is 5.72. The lowest BCUT2D eigenvalue weighted by atomic mass is 10.1.